The van der Waals surface area contributed by atoms with E-state index in [0.29, 0.717) is 0 Å². The Bertz CT molecular complexity index is 348. The molecule has 2 fully saturated rings. The number of nitrogens with zero attached hydrogens (tertiary/aromatic N) is 1. The van der Waals surface area contributed by atoms with Gasteiger partial charge in [-0.25, -0.2) is 0 Å². The molecule has 1 saturated carbocycles. The number of likely N-dealkylation sites (tertiary alicyclic amines) is 1. The van der Waals surface area contributed by atoms with E-state index in [2.05, 4.69) is 4.90 Å². The van der Waals surface area contributed by atoms with Gasteiger partial charge >= 0.3 is 0 Å². The molecule has 0 amide bonds. The lowest BCUT2D eigenvalue weighted by molar-refractivity contribution is -0.0198. The second-order valence-corrected chi connectivity index (χ2v) is 5.46. The predicted octanol–water partition coefficient (Wildman–Crippen LogP) is 2.72. The van der Waals surface area contributed by atoms with Crippen LogP contribution in [0.25, 0.3) is 0 Å². The second-order valence-electron chi connectivity index (χ2n) is 5.46. The second kappa shape index (κ2) is 4.46. The molecule has 1 aromatic rings. The summed E-state index contributed by atoms with van der Waals surface area (Å²) >= 11 is 0. The van der Waals surface area contributed by atoms with Gasteiger partial charge in [0.2, 0.25) is 0 Å². The van der Waals surface area contributed by atoms with Gasteiger partial charge in [-0.15, -0.1) is 0 Å². The van der Waals surface area contributed by atoms with E-state index in [9.17, 15) is 5.11 Å². The van der Waals surface area contributed by atoms with E-state index < -0.39 is 0 Å². The third-order valence-corrected chi connectivity index (χ3v) is 4.57. The Labute approximate surface area is 102 Å². The molecule has 2 heterocycles. The van der Waals surface area contributed by atoms with E-state index in [4.69, 9.17) is 4.42 Å². The summed E-state index contributed by atoms with van der Waals surface area (Å²) in [5, 5.41) is 10.7. The number of rotatable bonds is 3. The molecular weight excluding hydrogens is 214 g/mol. The van der Waals surface area contributed by atoms with Crippen LogP contribution < -0.4 is 0 Å². The largest absolute Gasteiger partial charge is 0.472 e. The fourth-order valence-corrected chi connectivity index (χ4v) is 3.65. The smallest absolute Gasteiger partial charge is 0.100 e. The molecule has 1 N–H and O–H groups in total. The van der Waals surface area contributed by atoms with Crippen molar-refractivity contribution in [2.75, 3.05) is 13.1 Å². The predicted molar refractivity (Wildman–Crippen MR) is 65.7 cm³/mol. The quantitative estimate of drug-likeness (QED) is 0.875. The number of hydrogen-bond acceptors (Lipinski definition) is 3. The third-order valence-electron chi connectivity index (χ3n) is 4.57. The Balaban J connectivity index is 1.88. The molecule has 1 aromatic heterocycles. The molecule has 0 aromatic carbocycles. The monoisotopic (exact) mass is 235 g/mol. The van der Waals surface area contributed by atoms with Gasteiger partial charge in [-0.05, 0) is 44.8 Å². The maximum Gasteiger partial charge on any atom is 0.100 e. The molecule has 3 rings (SSSR count). The van der Waals surface area contributed by atoms with Gasteiger partial charge in [-0.1, -0.05) is 12.8 Å². The van der Waals surface area contributed by atoms with Crippen LogP contribution in [0.3, 0.4) is 0 Å². The van der Waals surface area contributed by atoms with Crippen LogP contribution in [0.5, 0.6) is 0 Å². The molecule has 17 heavy (non-hydrogen) atoms. The van der Waals surface area contributed by atoms with Crippen LogP contribution in [0.15, 0.2) is 23.0 Å². The topological polar surface area (TPSA) is 36.6 Å². The van der Waals surface area contributed by atoms with Crippen LogP contribution in [-0.4, -0.2) is 28.6 Å². The molecule has 3 nitrogen and oxygen atoms in total. The van der Waals surface area contributed by atoms with Crippen molar-refractivity contribution < 1.29 is 9.52 Å². The van der Waals surface area contributed by atoms with Crippen molar-refractivity contribution in [3.63, 3.8) is 0 Å². The summed E-state index contributed by atoms with van der Waals surface area (Å²) in [5.74, 6) is 0. The average Bonchev–Trinajstić information content (AvgIpc) is 3.10. The van der Waals surface area contributed by atoms with Crippen LogP contribution in [0.2, 0.25) is 0 Å². The van der Waals surface area contributed by atoms with Crippen molar-refractivity contribution in [1.82, 2.24) is 4.90 Å². The maximum absolute atomic E-state index is 10.7. The molecule has 1 aliphatic carbocycles. The molecule has 0 radical (unpaired) electrons. The summed E-state index contributed by atoms with van der Waals surface area (Å²) in [6.45, 7) is 2.30. The molecule has 3 heteroatoms. The Morgan fingerprint density at radius 1 is 1.18 bits per heavy atom. The van der Waals surface area contributed by atoms with Crippen LogP contribution in [0.4, 0.5) is 0 Å². The number of furan rings is 1. The van der Waals surface area contributed by atoms with E-state index in [-0.39, 0.29) is 11.6 Å². The minimum Gasteiger partial charge on any atom is -0.472 e. The minimum absolute atomic E-state index is 0.0135. The van der Waals surface area contributed by atoms with Crippen molar-refractivity contribution in [2.45, 2.75) is 50.2 Å². The highest BCUT2D eigenvalue weighted by Gasteiger charge is 2.46. The van der Waals surface area contributed by atoms with Crippen LogP contribution in [0, 0.1) is 0 Å². The summed E-state index contributed by atoms with van der Waals surface area (Å²) in [5.41, 5.74) is 0.930. The molecule has 1 saturated heterocycles. The SMILES string of the molecule is OC(c1ccoc1)C1(N2CCCC2)CCCC1. The van der Waals surface area contributed by atoms with Gasteiger partial charge in [-0.2, -0.15) is 0 Å². The first-order chi connectivity index (χ1) is 8.33. The Morgan fingerprint density at radius 2 is 1.88 bits per heavy atom. The highest BCUT2D eigenvalue weighted by Crippen LogP contribution is 2.45. The fraction of sp³-hybridized carbons (Fsp3) is 0.714. The van der Waals surface area contributed by atoms with E-state index in [1.807, 2.05) is 6.07 Å². The summed E-state index contributed by atoms with van der Waals surface area (Å²) < 4.78 is 5.12. The molecule has 1 aliphatic heterocycles. The van der Waals surface area contributed by atoms with Crippen LogP contribution >= 0.6 is 0 Å². The summed E-state index contributed by atoms with van der Waals surface area (Å²) in [6.07, 6.45) is 10.3. The van der Waals surface area contributed by atoms with Crippen LogP contribution in [0.1, 0.15) is 50.2 Å². The van der Waals surface area contributed by atoms with Crippen molar-refractivity contribution in [2.24, 2.45) is 0 Å². The maximum atomic E-state index is 10.7. The molecule has 1 atom stereocenters. The molecule has 2 aliphatic rings. The number of aliphatic hydroxyl groups excluding tert-OH is 1. The lowest BCUT2D eigenvalue weighted by atomic mass is 9.85. The van der Waals surface area contributed by atoms with Gasteiger partial charge < -0.3 is 9.52 Å². The first-order valence-electron chi connectivity index (χ1n) is 6.78. The highest BCUT2D eigenvalue weighted by molar-refractivity contribution is 5.17. The lowest BCUT2D eigenvalue weighted by Crippen LogP contribution is -2.49. The Morgan fingerprint density at radius 3 is 2.47 bits per heavy atom. The summed E-state index contributed by atoms with van der Waals surface area (Å²) in [4.78, 5) is 2.53. The Kier molecular flexibility index (Phi) is 2.97. The zero-order chi connectivity index (χ0) is 11.7. The highest BCUT2D eigenvalue weighted by atomic mass is 16.3. The third kappa shape index (κ3) is 1.81. The first-order valence-corrected chi connectivity index (χ1v) is 6.78. The fourth-order valence-electron chi connectivity index (χ4n) is 3.65. The number of hydrogen-bond donors (Lipinski definition) is 1. The Hall–Kier alpha value is -0.800. The van der Waals surface area contributed by atoms with Crippen molar-refractivity contribution in [1.29, 1.82) is 0 Å². The molecule has 94 valence electrons. The number of aliphatic hydroxyl groups is 1. The van der Waals surface area contributed by atoms with Gasteiger partial charge in [0.05, 0.1) is 18.1 Å². The standard InChI is InChI=1S/C14H21NO2/c16-13(12-5-10-17-11-12)14(6-1-2-7-14)15-8-3-4-9-15/h5,10-11,13,16H,1-4,6-9H2. The minimum atomic E-state index is -0.387. The van der Waals surface area contributed by atoms with Crippen LogP contribution in [-0.2, 0) is 0 Å². The zero-order valence-corrected chi connectivity index (χ0v) is 10.3. The van der Waals surface area contributed by atoms with Gasteiger partial charge in [-0.3, -0.25) is 4.90 Å². The summed E-state index contributed by atoms with van der Waals surface area (Å²) in [7, 11) is 0. The van der Waals surface area contributed by atoms with Crippen molar-refractivity contribution >= 4 is 0 Å². The molecule has 0 bridgehead atoms. The van der Waals surface area contributed by atoms with E-state index in [0.717, 1.165) is 31.5 Å². The van der Waals surface area contributed by atoms with Crippen molar-refractivity contribution in [3.05, 3.63) is 24.2 Å². The van der Waals surface area contributed by atoms with E-state index in [1.165, 1.54) is 25.7 Å². The normalized spacial score (nSPS) is 26.4. The molecule has 1 unspecified atom stereocenters. The molecular formula is C14H21NO2. The van der Waals surface area contributed by atoms with Crippen molar-refractivity contribution in [3.8, 4) is 0 Å². The van der Waals surface area contributed by atoms with Gasteiger partial charge in [0.1, 0.15) is 6.10 Å². The van der Waals surface area contributed by atoms with Gasteiger partial charge in [0.15, 0.2) is 0 Å². The van der Waals surface area contributed by atoms with E-state index in [1.54, 1.807) is 12.5 Å². The zero-order valence-electron chi connectivity index (χ0n) is 10.3. The van der Waals surface area contributed by atoms with E-state index >= 15 is 0 Å². The van der Waals surface area contributed by atoms with Gasteiger partial charge in [0, 0.05) is 5.56 Å². The summed E-state index contributed by atoms with van der Waals surface area (Å²) in [6, 6.07) is 1.90. The van der Waals surface area contributed by atoms with Gasteiger partial charge in [0.25, 0.3) is 0 Å². The average molecular weight is 235 g/mol. The lowest BCUT2D eigenvalue weighted by Gasteiger charge is -2.42. The first kappa shape index (κ1) is 11.3. The molecule has 0 spiro atoms.